The Bertz CT molecular complexity index is 829. The fourth-order valence-electron chi connectivity index (χ4n) is 2.57. The van der Waals surface area contributed by atoms with Gasteiger partial charge in [-0.05, 0) is 72.4 Å². The zero-order chi connectivity index (χ0) is 22.4. The highest BCUT2D eigenvalue weighted by Gasteiger charge is 2.22. The molecule has 1 aromatic carbocycles. The van der Waals surface area contributed by atoms with E-state index in [0.717, 1.165) is 24.0 Å². The molecule has 2 N–H and O–H groups in total. The summed E-state index contributed by atoms with van der Waals surface area (Å²) in [4.78, 5) is 23.0. The lowest BCUT2D eigenvalue weighted by Gasteiger charge is -2.15. The summed E-state index contributed by atoms with van der Waals surface area (Å²) in [5.74, 6) is -0.669. The van der Waals surface area contributed by atoms with Gasteiger partial charge in [0.25, 0.3) is 0 Å². The van der Waals surface area contributed by atoms with Gasteiger partial charge < -0.3 is 14.9 Å². The van der Waals surface area contributed by atoms with Crippen LogP contribution in [-0.4, -0.2) is 29.1 Å². The van der Waals surface area contributed by atoms with Gasteiger partial charge in [0.1, 0.15) is 18.1 Å². The van der Waals surface area contributed by atoms with Crippen LogP contribution >= 0.6 is 11.6 Å². The van der Waals surface area contributed by atoms with Crippen LogP contribution in [0.1, 0.15) is 68.9 Å². The van der Waals surface area contributed by atoms with Gasteiger partial charge in [-0.1, -0.05) is 28.8 Å². The monoisotopic (exact) mass is 422 g/mol. The van der Waals surface area contributed by atoms with E-state index in [0.29, 0.717) is 11.8 Å². The predicted octanol–water partition coefficient (Wildman–Crippen LogP) is 5.68. The van der Waals surface area contributed by atoms with E-state index in [2.05, 4.69) is 0 Å². The topological polar surface area (TPSA) is 83.8 Å². The minimum atomic E-state index is -0.513. The number of aromatic hydroxyl groups is 2. The molecule has 0 saturated heterocycles. The summed E-state index contributed by atoms with van der Waals surface area (Å²) < 4.78 is 5.23. The van der Waals surface area contributed by atoms with Crippen molar-refractivity contribution >= 4 is 23.9 Å². The molecule has 0 aliphatic rings. The molecule has 0 aromatic heterocycles. The van der Waals surface area contributed by atoms with Gasteiger partial charge in [0.2, 0.25) is 0 Å². The van der Waals surface area contributed by atoms with Crippen molar-refractivity contribution in [1.29, 1.82) is 0 Å². The van der Waals surface area contributed by atoms with E-state index in [9.17, 15) is 19.8 Å². The molecule has 0 fully saturated rings. The Hall–Kier alpha value is -2.27. The molecule has 0 aliphatic heterocycles. The van der Waals surface area contributed by atoms with Crippen molar-refractivity contribution in [2.24, 2.45) is 5.41 Å². The SMILES string of the molecule is C/C(=C\COC(=O)C(C)(C)C)CC/C(C)=C/Cc1c(O)c(Cl)c(C)c(C=O)c1O. The second-order valence-electron chi connectivity index (χ2n) is 8.30. The summed E-state index contributed by atoms with van der Waals surface area (Å²) in [5, 5.41) is 20.6. The predicted molar refractivity (Wildman–Crippen MR) is 116 cm³/mol. The second-order valence-corrected chi connectivity index (χ2v) is 8.68. The lowest BCUT2D eigenvalue weighted by atomic mass is 9.97. The van der Waals surface area contributed by atoms with Crippen molar-refractivity contribution in [1.82, 2.24) is 0 Å². The Labute approximate surface area is 178 Å². The Morgan fingerprint density at radius 2 is 1.62 bits per heavy atom. The molecule has 0 amide bonds. The summed E-state index contributed by atoms with van der Waals surface area (Å²) in [5.41, 5.74) is 2.34. The van der Waals surface area contributed by atoms with Gasteiger partial charge in [-0.3, -0.25) is 9.59 Å². The number of esters is 1. The second kappa shape index (κ2) is 10.5. The van der Waals surface area contributed by atoms with Gasteiger partial charge in [0, 0.05) is 5.56 Å². The van der Waals surface area contributed by atoms with Gasteiger partial charge in [-0.15, -0.1) is 0 Å². The largest absolute Gasteiger partial charge is 0.507 e. The Balaban J connectivity index is 2.72. The van der Waals surface area contributed by atoms with Crippen molar-refractivity contribution in [3.05, 3.63) is 45.0 Å². The minimum Gasteiger partial charge on any atom is -0.507 e. The van der Waals surface area contributed by atoms with Crippen molar-refractivity contribution < 1.29 is 24.5 Å². The molecular weight excluding hydrogens is 392 g/mol. The van der Waals surface area contributed by atoms with Gasteiger partial charge in [-0.25, -0.2) is 0 Å². The Morgan fingerprint density at radius 1 is 1.07 bits per heavy atom. The third-order valence-corrected chi connectivity index (χ3v) is 5.18. The first-order valence-electron chi connectivity index (χ1n) is 9.56. The summed E-state index contributed by atoms with van der Waals surface area (Å²) >= 11 is 6.07. The number of benzene rings is 1. The van der Waals surface area contributed by atoms with E-state index in [1.807, 2.05) is 46.8 Å². The normalized spacial score (nSPS) is 12.8. The number of hydrogen-bond acceptors (Lipinski definition) is 5. The van der Waals surface area contributed by atoms with Crippen molar-refractivity contribution in [2.75, 3.05) is 6.61 Å². The van der Waals surface area contributed by atoms with Gasteiger partial charge in [0.05, 0.1) is 16.0 Å². The zero-order valence-corrected chi connectivity index (χ0v) is 18.8. The first-order chi connectivity index (χ1) is 13.4. The van der Waals surface area contributed by atoms with E-state index in [1.54, 1.807) is 6.92 Å². The average molecular weight is 423 g/mol. The number of ether oxygens (including phenoxy) is 1. The van der Waals surface area contributed by atoms with Crippen molar-refractivity contribution in [2.45, 2.75) is 60.8 Å². The minimum absolute atomic E-state index is 0.0783. The molecule has 29 heavy (non-hydrogen) atoms. The maximum Gasteiger partial charge on any atom is 0.311 e. The molecule has 0 atom stereocenters. The number of aldehydes is 1. The molecular formula is C23H31ClO5. The van der Waals surface area contributed by atoms with Crippen LogP contribution in [0.3, 0.4) is 0 Å². The van der Waals surface area contributed by atoms with Crippen LogP contribution in [0.5, 0.6) is 11.5 Å². The first kappa shape index (κ1) is 24.8. The van der Waals surface area contributed by atoms with Crippen molar-refractivity contribution in [3.63, 3.8) is 0 Å². The molecule has 0 aliphatic carbocycles. The number of phenols is 2. The first-order valence-corrected chi connectivity index (χ1v) is 9.94. The number of allylic oxidation sites excluding steroid dienone is 3. The smallest absolute Gasteiger partial charge is 0.311 e. The lowest BCUT2D eigenvalue weighted by molar-refractivity contribution is -0.151. The number of halogens is 1. The maximum atomic E-state index is 11.7. The number of rotatable bonds is 8. The lowest BCUT2D eigenvalue weighted by Crippen LogP contribution is -2.22. The average Bonchev–Trinajstić information content (AvgIpc) is 2.64. The van der Waals surface area contributed by atoms with Crippen LogP contribution in [0.2, 0.25) is 5.02 Å². The van der Waals surface area contributed by atoms with Crippen LogP contribution < -0.4 is 0 Å². The maximum absolute atomic E-state index is 11.7. The highest BCUT2D eigenvalue weighted by atomic mass is 35.5. The zero-order valence-electron chi connectivity index (χ0n) is 18.1. The molecule has 6 heteroatoms. The molecule has 0 bridgehead atoms. The van der Waals surface area contributed by atoms with E-state index in [1.165, 1.54) is 0 Å². The summed E-state index contributed by atoms with van der Waals surface area (Å²) in [6.07, 6.45) is 6.15. The molecule has 0 heterocycles. The number of hydrogen-bond donors (Lipinski definition) is 2. The third kappa shape index (κ3) is 6.93. The fourth-order valence-corrected chi connectivity index (χ4v) is 2.78. The van der Waals surface area contributed by atoms with E-state index < -0.39 is 5.41 Å². The molecule has 1 rings (SSSR count). The molecule has 160 valence electrons. The number of carbonyl (C=O) groups is 2. The third-order valence-electron chi connectivity index (χ3n) is 4.71. The van der Waals surface area contributed by atoms with Crippen LogP contribution in [-0.2, 0) is 16.0 Å². The van der Waals surface area contributed by atoms with E-state index in [4.69, 9.17) is 16.3 Å². The number of carbonyl (C=O) groups excluding carboxylic acids is 2. The summed E-state index contributed by atoms with van der Waals surface area (Å²) in [7, 11) is 0. The van der Waals surface area contributed by atoms with Gasteiger partial charge >= 0.3 is 5.97 Å². The number of phenolic OH excluding ortho intramolecular Hbond substituents is 2. The van der Waals surface area contributed by atoms with Crippen LogP contribution in [0.15, 0.2) is 23.3 Å². The van der Waals surface area contributed by atoms with Crippen LogP contribution in [0, 0.1) is 12.3 Å². The van der Waals surface area contributed by atoms with E-state index >= 15 is 0 Å². The Morgan fingerprint density at radius 3 is 2.14 bits per heavy atom. The molecule has 0 spiro atoms. The molecule has 5 nitrogen and oxygen atoms in total. The molecule has 0 unspecified atom stereocenters. The molecule has 1 aromatic rings. The molecule has 0 radical (unpaired) electrons. The van der Waals surface area contributed by atoms with Crippen molar-refractivity contribution in [3.8, 4) is 11.5 Å². The molecule has 0 saturated carbocycles. The standard InChI is InChI=1S/C23H31ClO5/c1-14(7-8-15(2)11-12-29-22(28)23(4,5)6)9-10-17-20(26)18(13-25)16(3)19(24)21(17)27/h9,11,13,26-27H,7-8,10,12H2,1-6H3/b14-9+,15-11+. The highest BCUT2D eigenvalue weighted by molar-refractivity contribution is 6.33. The van der Waals surface area contributed by atoms with Gasteiger partial charge in [0.15, 0.2) is 6.29 Å². The Kier molecular flexibility index (Phi) is 8.96. The van der Waals surface area contributed by atoms with E-state index in [-0.39, 0.29) is 46.6 Å². The highest BCUT2D eigenvalue weighted by Crippen LogP contribution is 2.40. The summed E-state index contributed by atoms with van der Waals surface area (Å²) in [6.45, 7) is 11.2. The summed E-state index contributed by atoms with van der Waals surface area (Å²) in [6, 6.07) is 0. The van der Waals surface area contributed by atoms with Crippen LogP contribution in [0.4, 0.5) is 0 Å². The fraction of sp³-hybridized carbons (Fsp3) is 0.478. The van der Waals surface area contributed by atoms with Crippen LogP contribution in [0.25, 0.3) is 0 Å². The van der Waals surface area contributed by atoms with Gasteiger partial charge in [-0.2, -0.15) is 0 Å². The quantitative estimate of drug-likeness (QED) is 0.320.